The zero-order valence-corrected chi connectivity index (χ0v) is 16.9. The van der Waals surface area contributed by atoms with E-state index in [0.717, 1.165) is 39.7 Å². The molecule has 0 unspecified atom stereocenters. The molecule has 1 aromatic carbocycles. The van der Waals surface area contributed by atoms with Crippen LogP contribution in [-0.4, -0.2) is 39.4 Å². The topological polar surface area (TPSA) is 49.0 Å². The Morgan fingerprint density at radius 2 is 2.07 bits per heavy atom. The lowest BCUT2D eigenvalue weighted by molar-refractivity contribution is 0.102. The second kappa shape index (κ2) is 8.59. The van der Waals surface area contributed by atoms with Crippen LogP contribution < -0.4 is 0 Å². The molecule has 0 aliphatic carbocycles. The molecule has 0 bridgehead atoms. The zero-order valence-electron chi connectivity index (χ0n) is 16.1. The van der Waals surface area contributed by atoms with Gasteiger partial charge in [0.25, 0.3) is 0 Å². The predicted octanol–water partition coefficient (Wildman–Crippen LogP) is 4.26. The van der Waals surface area contributed by atoms with E-state index >= 15 is 0 Å². The minimum absolute atomic E-state index is 0.119. The third-order valence-corrected chi connectivity index (χ3v) is 5.63. The second-order valence-corrected chi connectivity index (χ2v) is 7.37. The van der Waals surface area contributed by atoms with E-state index in [4.69, 9.17) is 4.74 Å². The van der Waals surface area contributed by atoms with Crippen molar-refractivity contribution in [1.82, 2.24) is 14.1 Å². The number of methoxy groups -OCH3 is 1. The number of ether oxygens (including phenoxy) is 1. The maximum absolute atomic E-state index is 12.8. The fraction of sp³-hybridized carbons (Fsp3) is 0.333. The predicted molar refractivity (Wildman–Crippen MR) is 111 cm³/mol. The molecule has 3 rings (SSSR count). The number of aryl methyl sites for hydroxylation is 1. The van der Waals surface area contributed by atoms with Crippen LogP contribution in [0.1, 0.15) is 21.7 Å². The van der Waals surface area contributed by atoms with Crippen LogP contribution in [-0.2, 0) is 17.8 Å². The second-order valence-electron chi connectivity index (χ2n) is 6.42. The lowest BCUT2D eigenvalue weighted by Gasteiger charge is -2.09. The molecular formula is C21H25N3O2S. The number of allylic oxidation sites excluding steroid dienone is 1. The number of fused-ring (bicyclic) bond motifs is 1. The van der Waals surface area contributed by atoms with Crippen LogP contribution >= 0.6 is 11.8 Å². The normalized spacial score (nSPS) is 11.2. The number of Topliss-reactive ketones (excluding diaryl/α,β-unsaturated/α-hetero) is 1. The lowest BCUT2D eigenvalue weighted by atomic mass is 10.2. The fourth-order valence-corrected chi connectivity index (χ4v) is 4.19. The van der Waals surface area contributed by atoms with Crippen LogP contribution in [0.5, 0.6) is 0 Å². The summed E-state index contributed by atoms with van der Waals surface area (Å²) in [7, 11) is 1.69. The highest BCUT2D eigenvalue weighted by molar-refractivity contribution is 7.99. The van der Waals surface area contributed by atoms with Crippen molar-refractivity contribution in [2.24, 2.45) is 0 Å². The first kappa shape index (κ1) is 19.5. The van der Waals surface area contributed by atoms with E-state index in [1.807, 2.05) is 50.3 Å². The van der Waals surface area contributed by atoms with Crippen molar-refractivity contribution < 1.29 is 9.53 Å². The molecule has 0 amide bonds. The smallest absolute Gasteiger partial charge is 0.175 e. The number of para-hydroxylation sites is 2. The van der Waals surface area contributed by atoms with Gasteiger partial charge in [-0.2, -0.15) is 0 Å². The third kappa shape index (κ3) is 4.01. The number of carbonyl (C=O) groups excluding carboxylic acids is 1. The number of hydrogen-bond donors (Lipinski definition) is 0. The Bertz CT molecular complexity index is 971. The maximum Gasteiger partial charge on any atom is 0.175 e. The number of rotatable bonds is 9. The Balaban J connectivity index is 1.79. The molecule has 2 heterocycles. The van der Waals surface area contributed by atoms with E-state index in [1.54, 1.807) is 7.11 Å². The number of nitrogens with zero attached hydrogens (tertiary/aromatic N) is 3. The average molecular weight is 384 g/mol. The molecule has 5 nitrogen and oxygen atoms in total. The van der Waals surface area contributed by atoms with Crippen molar-refractivity contribution in [2.45, 2.75) is 32.1 Å². The van der Waals surface area contributed by atoms with E-state index < -0.39 is 0 Å². The first-order chi connectivity index (χ1) is 13.1. The third-order valence-electron chi connectivity index (χ3n) is 4.66. The standard InChI is InChI=1S/C21H25N3O2S/c1-5-10-24-19-9-7-6-8-18(19)22-21(24)27-14-20(25)17-13-15(2)23(16(17)3)11-12-26-4/h5-9,13H,1,10-12,14H2,2-4H3. The van der Waals surface area contributed by atoms with Gasteiger partial charge in [0.1, 0.15) is 0 Å². The quantitative estimate of drug-likeness (QED) is 0.315. The minimum atomic E-state index is 0.119. The van der Waals surface area contributed by atoms with E-state index in [1.165, 1.54) is 11.8 Å². The molecule has 0 saturated carbocycles. The summed E-state index contributed by atoms with van der Waals surface area (Å²) in [5.74, 6) is 0.476. The number of benzene rings is 1. The van der Waals surface area contributed by atoms with Crippen LogP contribution in [0.2, 0.25) is 0 Å². The van der Waals surface area contributed by atoms with Crippen molar-refractivity contribution in [3.63, 3.8) is 0 Å². The number of hydrogen-bond acceptors (Lipinski definition) is 4. The summed E-state index contributed by atoms with van der Waals surface area (Å²) in [6.45, 7) is 9.91. The molecule has 0 aliphatic rings. The van der Waals surface area contributed by atoms with Gasteiger partial charge in [-0.05, 0) is 32.0 Å². The van der Waals surface area contributed by atoms with Crippen molar-refractivity contribution in [3.8, 4) is 0 Å². The van der Waals surface area contributed by atoms with Crippen LogP contribution in [0.4, 0.5) is 0 Å². The maximum atomic E-state index is 12.8. The molecule has 0 fully saturated rings. The molecule has 0 aliphatic heterocycles. The highest BCUT2D eigenvalue weighted by atomic mass is 32.2. The van der Waals surface area contributed by atoms with Gasteiger partial charge in [0, 0.05) is 37.2 Å². The Kier molecular flexibility index (Phi) is 6.19. The Hall–Kier alpha value is -2.31. The van der Waals surface area contributed by atoms with Gasteiger partial charge in [0.05, 0.1) is 23.4 Å². The number of ketones is 1. The van der Waals surface area contributed by atoms with E-state index in [2.05, 4.69) is 20.7 Å². The molecular weight excluding hydrogens is 358 g/mol. The van der Waals surface area contributed by atoms with E-state index in [-0.39, 0.29) is 5.78 Å². The van der Waals surface area contributed by atoms with Crippen molar-refractivity contribution in [2.75, 3.05) is 19.5 Å². The Morgan fingerprint density at radius 3 is 2.81 bits per heavy atom. The van der Waals surface area contributed by atoms with Crippen LogP contribution in [0.15, 0.2) is 48.1 Å². The molecule has 0 spiro atoms. The van der Waals surface area contributed by atoms with Gasteiger partial charge in [-0.1, -0.05) is 30.0 Å². The molecule has 0 atom stereocenters. The largest absolute Gasteiger partial charge is 0.383 e. The molecule has 3 aromatic rings. The number of imidazole rings is 1. The molecule has 0 radical (unpaired) electrons. The number of thioether (sulfide) groups is 1. The van der Waals surface area contributed by atoms with Crippen LogP contribution in [0.25, 0.3) is 11.0 Å². The van der Waals surface area contributed by atoms with Gasteiger partial charge in [0.2, 0.25) is 0 Å². The van der Waals surface area contributed by atoms with Gasteiger partial charge < -0.3 is 13.9 Å². The molecule has 0 N–H and O–H groups in total. The summed E-state index contributed by atoms with van der Waals surface area (Å²) in [6, 6.07) is 9.98. The summed E-state index contributed by atoms with van der Waals surface area (Å²) >= 11 is 1.48. The SMILES string of the molecule is C=CCn1c(SCC(=O)c2cc(C)n(CCOC)c2C)nc2ccccc21. The fourth-order valence-electron chi connectivity index (χ4n) is 3.29. The summed E-state index contributed by atoms with van der Waals surface area (Å²) < 4.78 is 9.40. The van der Waals surface area contributed by atoms with Crippen molar-refractivity contribution in [1.29, 1.82) is 0 Å². The van der Waals surface area contributed by atoms with Gasteiger partial charge in [-0.15, -0.1) is 6.58 Å². The lowest BCUT2D eigenvalue weighted by Crippen LogP contribution is -2.10. The van der Waals surface area contributed by atoms with Gasteiger partial charge in [0.15, 0.2) is 10.9 Å². The molecule has 6 heteroatoms. The zero-order chi connectivity index (χ0) is 19.4. The van der Waals surface area contributed by atoms with Crippen molar-refractivity contribution in [3.05, 3.63) is 59.9 Å². The molecule has 142 valence electrons. The summed E-state index contributed by atoms with van der Waals surface area (Å²) in [5.41, 5.74) is 4.85. The van der Waals surface area contributed by atoms with Gasteiger partial charge >= 0.3 is 0 Å². The Labute approximate surface area is 164 Å². The number of carbonyl (C=O) groups is 1. The first-order valence-corrected chi connectivity index (χ1v) is 9.93. The minimum Gasteiger partial charge on any atom is -0.383 e. The highest BCUT2D eigenvalue weighted by Gasteiger charge is 2.18. The van der Waals surface area contributed by atoms with Gasteiger partial charge in [-0.25, -0.2) is 4.98 Å². The summed E-state index contributed by atoms with van der Waals surface area (Å²) in [5, 5.41) is 0.845. The Morgan fingerprint density at radius 1 is 1.30 bits per heavy atom. The molecule has 2 aromatic heterocycles. The van der Waals surface area contributed by atoms with Crippen LogP contribution in [0, 0.1) is 13.8 Å². The molecule has 27 heavy (non-hydrogen) atoms. The first-order valence-electron chi connectivity index (χ1n) is 8.94. The van der Waals surface area contributed by atoms with Gasteiger partial charge in [-0.3, -0.25) is 4.79 Å². The average Bonchev–Trinajstić information content (AvgIpc) is 3.16. The monoisotopic (exact) mass is 383 g/mol. The van der Waals surface area contributed by atoms with Crippen molar-refractivity contribution >= 4 is 28.6 Å². The summed E-state index contributed by atoms with van der Waals surface area (Å²) in [4.78, 5) is 17.5. The van der Waals surface area contributed by atoms with E-state index in [0.29, 0.717) is 18.9 Å². The van der Waals surface area contributed by atoms with E-state index in [9.17, 15) is 4.79 Å². The summed E-state index contributed by atoms with van der Waals surface area (Å²) in [6.07, 6.45) is 1.85. The number of aromatic nitrogens is 3. The highest BCUT2D eigenvalue weighted by Crippen LogP contribution is 2.26. The molecule has 0 saturated heterocycles. The van der Waals surface area contributed by atoms with Crippen LogP contribution in [0.3, 0.4) is 0 Å².